The van der Waals surface area contributed by atoms with Crippen molar-refractivity contribution in [3.8, 4) is 0 Å². The Bertz CT molecular complexity index is 281. The summed E-state index contributed by atoms with van der Waals surface area (Å²) < 4.78 is 11.8. The predicted molar refractivity (Wildman–Crippen MR) is 72.6 cm³/mol. The van der Waals surface area contributed by atoms with E-state index in [2.05, 4.69) is 30.3 Å². The van der Waals surface area contributed by atoms with Crippen molar-refractivity contribution in [1.82, 2.24) is 10.2 Å². The smallest absolute Gasteiger partial charge is 0.112 e. The average Bonchev–Trinajstić information content (AvgIpc) is 2.40. The summed E-state index contributed by atoms with van der Waals surface area (Å²) in [6, 6.07) is 0.216. The maximum absolute atomic E-state index is 5.94. The Hall–Kier alpha value is -0.580. The molecule has 0 aromatic carbocycles. The number of likely N-dealkylation sites (N-methyl/N-ethyl adjacent to an activating group) is 1. The van der Waals surface area contributed by atoms with Gasteiger partial charge in [-0.1, -0.05) is 6.92 Å². The van der Waals surface area contributed by atoms with Crippen LogP contribution in [-0.2, 0) is 9.47 Å². The predicted octanol–water partition coefficient (Wildman–Crippen LogP) is 1.38. The fraction of sp³-hybridized carbons (Fsp3) is 0.857. The summed E-state index contributed by atoms with van der Waals surface area (Å²) in [5.41, 5.74) is 0. The van der Waals surface area contributed by atoms with Crippen LogP contribution in [-0.4, -0.2) is 56.9 Å². The van der Waals surface area contributed by atoms with Crippen LogP contribution in [0.1, 0.15) is 26.2 Å². The first-order chi connectivity index (χ1) is 8.81. The summed E-state index contributed by atoms with van der Waals surface area (Å²) >= 11 is 0. The Labute approximate surface area is 110 Å². The van der Waals surface area contributed by atoms with Crippen molar-refractivity contribution >= 4 is 0 Å². The Balaban J connectivity index is 2.00. The van der Waals surface area contributed by atoms with E-state index in [1.165, 1.54) is 0 Å². The molecule has 18 heavy (non-hydrogen) atoms. The highest BCUT2D eigenvalue weighted by Crippen LogP contribution is 2.20. The number of ether oxygens (including phenoxy) is 2. The van der Waals surface area contributed by atoms with Gasteiger partial charge in [0.2, 0.25) is 0 Å². The second kappa shape index (κ2) is 7.12. The first kappa shape index (κ1) is 13.8. The summed E-state index contributed by atoms with van der Waals surface area (Å²) in [5.74, 6) is 1.09. The lowest BCUT2D eigenvalue weighted by atomic mass is 10.0. The number of allylic oxidation sites excluding steroid dienone is 1. The average molecular weight is 254 g/mol. The number of nitrogens with one attached hydrogen (secondary N) is 1. The Kier molecular flexibility index (Phi) is 5.47. The van der Waals surface area contributed by atoms with Gasteiger partial charge in [0.15, 0.2) is 0 Å². The number of morpholine rings is 1. The topological polar surface area (TPSA) is 33.7 Å². The molecule has 4 heteroatoms. The third kappa shape index (κ3) is 3.70. The maximum Gasteiger partial charge on any atom is 0.112 e. The Morgan fingerprint density at radius 3 is 3.06 bits per heavy atom. The molecule has 0 saturated carbocycles. The lowest BCUT2D eigenvalue weighted by molar-refractivity contribution is -0.0423. The molecular weight excluding hydrogens is 228 g/mol. The minimum atomic E-state index is 0.208. The van der Waals surface area contributed by atoms with E-state index in [1.807, 2.05) is 0 Å². The monoisotopic (exact) mass is 254 g/mol. The SMILES string of the molecule is CCCNC(C1=CCCCO1)C1CN(C)CCO1. The molecule has 0 spiro atoms. The molecule has 1 N–H and O–H groups in total. The molecule has 0 radical (unpaired) electrons. The van der Waals surface area contributed by atoms with Crippen molar-refractivity contribution in [2.24, 2.45) is 0 Å². The molecule has 0 aliphatic carbocycles. The van der Waals surface area contributed by atoms with Gasteiger partial charge in [0.1, 0.15) is 5.76 Å². The van der Waals surface area contributed by atoms with E-state index in [0.29, 0.717) is 0 Å². The van der Waals surface area contributed by atoms with Gasteiger partial charge in [-0.25, -0.2) is 0 Å². The van der Waals surface area contributed by atoms with Crippen molar-refractivity contribution in [2.75, 3.05) is 39.9 Å². The van der Waals surface area contributed by atoms with Crippen molar-refractivity contribution < 1.29 is 9.47 Å². The summed E-state index contributed by atoms with van der Waals surface area (Å²) in [6.45, 7) is 6.86. The maximum atomic E-state index is 5.94. The van der Waals surface area contributed by atoms with Crippen LogP contribution in [0.25, 0.3) is 0 Å². The van der Waals surface area contributed by atoms with Crippen LogP contribution < -0.4 is 5.32 Å². The van der Waals surface area contributed by atoms with Crippen molar-refractivity contribution in [2.45, 2.75) is 38.3 Å². The van der Waals surface area contributed by atoms with Crippen LogP contribution in [0, 0.1) is 0 Å². The minimum absolute atomic E-state index is 0.208. The second-order valence-electron chi connectivity index (χ2n) is 5.20. The molecule has 2 aliphatic rings. The molecular formula is C14H26N2O2. The van der Waals surface area contributed by atoms with Gasteiger partial charge in [0, 0.05) is 13.1 Å². The van der Waals surface area contributed by atoms with E-state index < -0.39 is 0 Å². The van der Waals surface area contributed by atoms with Gasteiger partial charge in [0.25, 0.3) is 0 Å². The molecule has 0 aromatic rings. The zero-order chi connectivity index (χ0) is 12.8. The van der Waals surface area contributed by atoms with Gasteiger partial charge < -0.3 is 19.7 Å². The highest BCUT2D eigenvalue weighted by molar-refractivity contribution is 5.09. The third-order valence-electron chi connectivity index (χ3n) is 3.55. The number of hydrogen-bond acceptors (Lipinski definition) is 4. The van der Waals surface area contributed by atoms with Crippen molar-refractivity contribution in [1.29, 1.82) is 0 Å². The van der Waals surface area contributed by atoms with Gasteiger partial charge in [-0.2, -0.15) is 0 Å². The molecule has 0 aromatic heterocycles. The molecule has 2 aliphatic heterocycles. The number of nitrogens with zero attached hydrogens (tertiary/aromatic N) is 1. The van der Waals surface area contributed by atoms with Gasteiger partial charge in [-0.05, 0) is 38.9 Å². The van der Waals surface area contributed by atoms with Crippen LogP contribution in [0.3, 0.4) is 0 Å². The zero-order valence-electron chi connectivity index (χ0n) is 11.7. The molecule has 1 fully saturated rings. The van der Waals surface area contributed by atoms with Gasteiger partial charge in [0.05, 0.1) is 25.4 Å². The van der Waals surface area contributed by atoms with Crippen LogP contribution in [0.5, 0.6) is 0 Å². The van der Waals surface area contributed by atoms with Crippen LogP contribution >= 0.6 is 0 Å². The minimum Gasteiger partial charge on any atom is -0.496 e. The van der Waals surface area contributed by atoms with Gasteiger partial charge >= 0.3 is 0 Å². The highest BCUT2D eigenvalue weighted by atomic mass is 16.5. The lowest BCUT2D eigenvalue weighted by Crippen LogP contribution is -2.52. The first-order valence-corrected chi connectivity index (χ1v) is 7.17. The quantitative estimate of drug-likeness (QED) is 0.803. The lowest BCUT2D eigenvalue weighted by Gasteiger charge is -2.37. The summed E-state index contributed by atoms with van der Waals surface area (Å²) in [4.78, 5) is 2.33. The molecule has 0 amide bonds. The van der Waals surface area contributed by atoms with Crippen LogP contribution in [0.2, 0.25) is 0 Å². The zero-order valence-corrected chi connectivity index (χ0v) is 11.7. The third-order valence-corrected chi connectivity index (χ3v) is 3.55. The molecule has 2 heterocycles. The number of hydrogen-bond donors (Lipinski definition) is 1. The fourth-order valence-electron chi connectivity index (χ4n) is 2.52. The molecule has 104 valence electrons. The molecule has 2 unspecified atom stereocenters. The van der Waals surface area contributed by atoms with Crippen molar-refractivity contribution in [3.05, 3.63) is 11.8 Å². The largest absolute Gasteiger partial charge is 0.496 e. The van der Waals surface area contributed by atoms with Gasteiger partial charge in [-0.15, -0.1) is 0 Å². The van der Waals surface area contributed by atoms with Crippen molar-refractivity contribution in [3.63, 3.8) is 0 Å². The normalized spacial score (nSPS) is 27.4. The summed E-state index contributed by atoms with van der Waals surface area (Å²) in [6.07, 6.45) is 5.83. The highest BCUT2D eigenvalue weighted by Gasteiger charge is 2.30. The van der Waals surface area contributed by atoms with E-state index in [9.17, 15) is 0 Å². The van der Waals surface area contributed by atoms with E-state index in [-0.39, 0.29) is 12.1 Å². The molecule has 2 rings (SSSR count). The van der Waals surface area contributed by atoms with Gasteiger partial charge in [-0.3, -0.25) is 0 Å². The Morgan fingerprint density at radius 1 is 1.50 bits per heavy atom. The standard InChI is InChI=1S/C14H26N2O2/c1-3-7-15-14(12-6-4-5-9-17-12)13-11-16(2)8-10-18-13/h6,13-15H,3-5,7-11H2,1-2H3. The van der Waals surface area contributed by atoms with E-state index >= 15 is 0 Å². The molecule has 4 nitrogen and oxygen atoms in total. The fourth-order valence-corrected chi connectivity index (χ4v) is 2.52. The Morgan fingerprint density at radius 2 is 2.39 bits per heavy atom. The number of rotatable bonds is 5. The first-order valence-electron chi connectivity index (χ1n) is 7.17. The molecule has 2 atom stereocenters. The van der Waals surface area contributed by atoms with E-state index in [4.69, 9.17) is 9.47 Å². The summed E-state index contributed by atoms with van der Waals surface area (Å²) in [5, 5.41) is 3.58. The summed E-state index contributed by atoms with van der Waals surface area (Å²) in [7, 11) is 2.16. The van der Waals surface area contributed by atoms with Crippen LogP contribution in [0.15, 0.2) is 11.8 Å². The van der Waals surface area contributed by atoms with E-state index in [1.54, 1.807) is 0 Å². The molecule has 1 saturated heterocycles. The second-order valence-corrected chi connectivity index (χ2v) is 5.20. The molecule has 0 bridgehead atoms. The van der Waals surface area contributed by atoms with Crippen LogP contribution in [0.4, 0.5) is 0 Å². The van der Waals surface area contributed by atoms with E-state index in [0.717, 1.165) is 57.9 Å².